The Morgan fingerprint density at radius 3 is 2.88 bits per heavy atom. The van der Waals surface area contributed by atoms with Crippen molar-refractivity contribution >= 4 is 11.5 Å². The lowest BCUT2D eigenvalue weighted by molar-refractivity contribution is -0.133. The Labute approximate surface area is 148 Å². The first kappa shape index (κ1) is 16.1. The molecule has 2 atom stereocenters. The summed E-state index contributed by atoms with van der Waals surface area (Å²) in [4.78, 5) is 19.4. The van der Waals surface area contributed by atoms with Gasteiger partial charge in [0.05, 0.1) is 6.04 Å². The van der Waals surface area contributed by atoms with Crippen molar-refractivity contribution in [3.05, 3.63) is 24.3 Å². The monoisotopic (exact) mass is 337 g/mol. The van der Waals surface area contributed by atoms with Crippen LogP contribution in [0.1, 0.15) is 50.8 Å². The zero-order valence-corrected chi connectivity index (χ0v) is 14.6. The number of hydrogen-bond donors (Lipinski definition) is 0. The zero-order valence-electron chi connectivity index (χ0n) is 14.6. The molecule has 0 aliphatic carbocycles. The van der Waals surface area contributed by atoms with Crippen LogP contribution in [0.4, 0.5) is 0 Å². The van der Waals surface area contributed by atoms with Crippen molar-refractivity contribution in [2.24, 2.45) is 17.3 Å². The third-order valence-corrected chi connectivity index (χ3v) is 5.58. The summed E-state index contributed by atoms with van der Waals surface area (Å²) in [6.45, 7) is 0. The van der Waals surface area contributed by atoms with Gasteiger partial charge in [-0.05, 0) is 24.8 Å². The van der Waals surface area contributed by atoms with Crippen molar-refractivity contribution in [1.82, 2.24) is 14.5 Å². The molecule has 130 valence electrons. The van der Waals surface area contributed by atoms with Crippen LogP contribution in [0, 0.1) is 12.3 Å². The molecule has 1 aromatic heterocycles. The minimum atomic E-state index is -0.370. The lowest BCUT2D eigenvalue weighted by Crippen LogP contribution is -2.43. The van der Waals surface area contributed by atoms with Crippen molar-refractivity contribution in [3.8, 4) is 12.3 Å². The number of fused-ring (bicyclic) bond motifs is 2. The molecule has 0 saturated carbocycles. The number of carbonyl (C=O) groups is 1. The van der Waals surface area contributed by atoms with Crippen LogP contribution in [0.2, 0.25) is 0 Å². The molecule has 6 nitrogen and oxygen atoms in total. The molecule has 1 amide bonds. The fourth-order valence-corrected chi connectivity index (χ4v) is 4.16. The molecule has 25 heavy (non-hydrogen) atoms. The average molecular weight is 337 g/mol. The van der Waals surface area contributed by atoms with E-state index in [0.717, 1.165) is 31.5 Å². The van der Waals surface area contributed by atoms with E-state index < -0.39 is 0 Å². The Morgan fingerprint density at radius 1 is 1.40 bits per heavy atom. The molecule has 4 rings (SSSR count). The van der Waals surface area contributed by atoms with Gasteiger partial charge in [-0.25, -0.2) is 4.98 Å². The highest BCUT2D eigenvalue weighted by atomic mass is 16.2. The second-order valence-electron chi connectivity index (χ2n) is 7.24. The number of amides is 1. The Morgan fingerprint density at radius 2 is 2.24 bits per heavy atom. The van der Waals surface area contributed by atoms with E-state index in [1.165, 1.54) is 5.57 Å². The van der Waals surface area contributed by atoms with Crippen molar-refractivity contribution in [3.63, 3.8) is 0 Å². The van der Waals surface area contributed by atoms with Gasteiger partial charge in [-0.1, -0.05) is 6.08 Å². The van der Waals surface area contributed by atoms with Gasteiger partial charge in [0.15, 0.2) is 5.66 Å². The summed E-state index contributed by atoms with van der Waals surface area (Å²) in [7, 11) is 2.01. The molecule has 2 bridgehead atoms. The Kier molecular flexibility index (Phi) is 3.95. The second-order valence-corrected chi connectivity index (χ2v) is 7.24. The zero-order chi connectivity index (χ0) is 17.4. The first-order valence-corrected chi connectivity index (χ1v) is 8.99. The minimum Gasteiger partial charge on any atom is -0.334 e. The Hall–Kier alpha value is -2.42. The normalized spacial score (nSPS) is 25.6. The van der Waals surface area contributed by atoms with E-state index in [1.807, 2.05) is 24.0 Å². The number of rotatable bonds is 6. The number of aromatic nitrogens is 2. The minimum absolute atomic E-state index is 0.202. The van der Waals surface area contributed by atoms with Gasteiger partial charge in [-0.15, -0.1) is 12.3 Å². The van der Waals surface area contributed by atoms with Crippen LogP contribution in [-0.2, 0) is 11.8 Å². The smallest absolute Gasteiger partial charge is 0.223 e. The van der Waals surface area contributed by atoms with Gasteiger partial charge in [-0.2, -0.15) is 10.2 Å². The third-order valence-electron chi connectivity index (χ3n) is 5.58. The summed E-state index contributed by atoms with van der Waals surface area (Å²) in [5.74, 6) is 3.87. The topological polar surface area (TPSA) is 62.9 Å². The SMILES string of the molecule is C#CCCC1(CCC(=O)N2C3C=C(c4nccn4C)CC2CC3)N=N1. The molecule has 0 spiro atoms. The molecule has 1 fully saturated rings. The fraction of sp³-hybridized carbons (Fsp3) is 0.579. The highest BCUT2D eigenvalue weighted by Gasteiger charge is 2.43. The number of imidazole rings is 1. The van der Waals surface area contributed by atoms with Crippen LogP contribution in [0.5, 0.6) is 0 Å². The lowest BCUT2D eigenvalue weighted by atomic mass is 9.98. The van der Waals surface area contributed by atoms with E-state index in [1.54, 1.807) is 0 Å². The van der Waals surface area contributed by atoms with Crippen molar-refractivity contribution in [1.29, 1.82) is 0 Å². The molecular weight excluding hydrogens is 314 g/mol. The molecule has 3 aliphatic heterocycles. The summed E-state index contributed by atoms with van der Waals surface area (Å²) in [5, 5.41) is 8.27. The number of hydrogen-bond acceptors (Lipinski definition) is 4. The van der Waals surface area contributed by atoms with E-state index in [2.05, 4.69) is 32.1 Å². The standard InChI is InChI=1S/C19H23N5O/c1-3-4-8-19(21-22-19)9-7-17(25)24-15-5-6-16(24)13-14(12-15)18-20-10-11-23(18)2/h1,10-12,15-16H,4-9,13H2,2H3. The number of nitrogens with zero attached hydrogens (tertiary/aromatic N) is 5. The van der Waals surface area contributed by atoms with E-state index in [9.17, 15) is 4.79 Å². The molecule has 0 radical (unpaired) electrons. The molecule has 6 heteroatoms. The van der Waals surface area contributed by atoms with E-state index in [0.29, 0.717) is 25.3 Å². The first-order valence-electron chi connectivity index (χ1n) is 8.99. The van der Waals surface area contributed by atoms with Crippen LogP contribution < -0.4 is 0 Å². The fourth-order valence-electron chi connectivity index (χ4n) is 4.16. The van der Waals surface area contributed by atoms with Crippen LogP contribution in [0.3, 0.4) is 0 Å². The second kappa shape index (κ2) is 6.14. The van der Waals surface area contributed by atoms with Crippen LogP contribution in [0.15, 0.2) is 28.7 Å². The number of aryl methyl sites for hydroxylation is 1. The van der Waals surface area contributed by atoms with Gasteiger partial charge in [0.25, 0.3) is 0 Å². The van der Waals surface area contributed by atoms with Gasteiger partial charge in [0.2, 0.25) is 5.91 Å². The van der Waals surface area contributed by atoms with Gasteiger partial charge in [-0.3, -0.25) is 4.79 Å². The molecule has 0 aromatic carbocycles. The summed E-state index contributed by atoms with van der Waals surface area (Å²) >= 11 is 0. The summed E-state index contributed by atoms with van der Waals surface area (Å²) in [6, 6.07) is 0.497. The lowest BCUT2D eigenvalue weighted by Gasteiger charge is -2.34. The quantitative estimate of drug-likeness (QED) is 0.749. The first-order chi connectivity index (χ1) is 12.1. The summed E-state index contributed by atoms with van der Waals surface area (Å²) in [6.07, 6.45) is 17.0. The van der Waals surface area contributed by atoms with Gasteiger partial charge >= 0.3 is 0 Å². The predicted molar refractivity (Wildman–Crippen MR) is 94.3 cm³/mol. The molecule has 3 aliphatic rings. The average Bonchev–Trinajstić information content (AvgIpc) is 3.18. The van der Waals surface area contributed by atoms with Crippen molar-refractivity contribution < 1.29 is 4.79 Å². The molecule has 1 saturated heterocycles. The molecule has 0 N–H and O–H groups in total. The van der Waals surface area contributed by atoms with E-state index in [4.69, 9.17) is 6.42 Å². The van der Waals surface area contributed by atoms with Gasteiger partial charge < -0.3 is 9.47 Å². The number of carbonyl (C=O) groups excluding carboxylic acids is 1. The highest BCUT2D eigenvalue weighted by Crippen LogP contribution is 2.41. The highest BCUT2D eigenvalue weighted by molar-refractivity contribution is 5.79. The number of terminal acetylenes is 1. The molecule has 2 unspecified atom stereocenters. The van der Waals surface area contributed by atoms with Gasteiger partial charge in [0, 0.05) is 51.2 Å². The maximum Gasteiger partial charge on any atom is 0.223 e. The van der Waals surface area contributed by atoms with E-state index in [-0.39, 0.29) is 17.6 Å². The van der Waals surface area contributed by atoms with Crippen molar-refractivity contribution in [2.45, 2.75) is 62.7 Å². The predicted octanol–water partition coefficient (Wildman–Crippen LogP) is 2.92. The Balaban J connectivity index is 1.41. The maximum atomic E-state index is 12.8. The Bertz CT molecular complexity index is 778. The van der Waals surface area contributed by atoms with Crippen LogP contribution in [0.25, 0.3) is 5.57 Å². The third kappa shape index (κ3) is 2.99. The summed E-state index contributed by atoms with van der Waals surface area (Å²) < 4.78 is 2.05. The summed E-state index contributed by atoms with van der Waals surface area (Å²) in [5.41, 5.74) is 0.895. The molecule has 1 aromatic rings. The van der Waals surface area contributed by atoms with Crippen LogP contribution >= 0.6 is 0 Å². The van der Waals surface area contributed by atoms with Gasteiger partial charge in [0.1, 0.15) is 5.82 Å². The van der Waals surface area contributed by atoms with Crippen molar-refractivity contribution in [2.75, 3.05) is 0 Å². The van der Waals surface area contributed by atoms with E-state index >= 15 is 0 Å². The maximum absolute atomic E-state index is 12.8. The molecule has 4 heterocycles. The van der Waals surface area contributed by atoms with Crippen LogP contribution in [-0.4, -0.2) is 38.1 Å². The largest absolute Gasteiger partial charge is 0.334 e. The molecular formula is C19H23N5O.